The molecule has 2 N–H and O–H groups in total. The number of carbonyl (C=O) groups excluding carboxylic acids is 1. The lowest BCUT2D eigenvalue weighted by molar-refractivity contribution is -0.156. The van der Waals surface area contributed by atoms with Crippen molar-refractivity contribution in [3.8, 4) is 6.07 Å². The minimum atomic E-state index is -1.67. The van der Waals surface area contributed by atoms with Crippen molar-refractivity contribution in [2.45, 2.75) is 12.2 Å². The highest BCUT2D eigenvalue weighted by molar-refractivity contribution is 5.75. The molecule has 6 heteroatoms. The van der Waals surface area contributed by atoms with E-state index < -0.39 is 18.2 Å². The number of nitriles is 1. The van der Waals surface area contributed by atoms with Gasteiger partial charge in [-0.05, 0) is 6.07 Å². The third-order valence-electron chi connectivity index (χ3n) is 1.98. The molecule has 1 rings (SSSR count). The van der Waals surface area contributed by atoms with Gasteiger partial charge >= 0.3 is 5.97 Å². The zero-order chi connectivity index (χ0) is 12.1. The van der Waals surface area contributed by atoms with Crippen molar-refractivity contribution in [3.63, 3.8) is 0 Å². The minimum absolute atomic E-state index is 0.184. The Balaban J connectivity index is 2.84. The SMILES string of the molecule is COC(=O)C(O)C(O)c1ccc(C#N)nc1. The van der Waals surface area contributed by atoms with E-state index >= 15 is 0 Å². The number of hydrogen-bond acceptors (Lipinski definition) is 6. The van der Waals surface area contributed by atoms with Crippen molar-refractivity contribution in [3.05, 3.63) is 29.6 Å². The minimum Gasteiger partial charge on any atom is -0.467 e. The van der Waals surface area contributed by atoms with Crippen LogP contribution < -0.4 is 0 Å². The Morgan fingerprint density at radius 3 is 2.69 bits per heavy atom. The average molecular weight is 222 g/mol. The van der Waals surface area contributed by atoms with Crippen LogP contribution in [0.3, 0.4) is 0 Å². The Labute approximate surface area is 91.7 Å². The third kappa shape index (κ3) is 2.53. The van der Waals surface area contributed by atoms with E-state index in [0.29, 0.717) is 0 Å². The molecule has 6 nitrogen and oxygen atoms in total. The molecule has 2 unspecified atom stereocenters. The first-order chi connectivity index (χ1) is 7.60. The summed E-state index contributed by atoms with van der Waals surface area (Å²) in [5.74, 6) is -0.933. The number of methoxy groups -OCH3 is 1. The second-order valence-corrected chi connectivity index (χ2v) is 3.00. The van der Waals surface area contributed by atoms with Crippen LogP contribution in [-0.2, 0) is 9.53 Å². The number of esters is 1. The summed E-state index contributed by atoms with van der Waals surface area (Å²) in [5.41, 5.74) is 0.417. The van der Waals surface area contributed by atoms with Crippen LogP contribution in [0, 0.1) is 11.3 Å². The Kier molecular flexibility index (Phi) is 3.94. The highest BCUT2D eigenvalue weighted by Gasteiger charge is 2.26. The number of nitrogens with zero attached hydrogens (tertiary/aromatic N) is 2. The first-order valence-corrected chi connectivity index (χ1v) is 4.40. The summed E-state index contributed by atoms with van der Waals surface area (Å²) in [6.45, 7) is 0. The molecule has 1 heterocycles. The molecular weight excluding hydrogens is 212 g/mol. The molecule has 0 aliphatic rings. The van der Waals surface area contributed by atoms with Crippen LogP contribution in [0.1, 0.15) is 17.4 Å². The first kappa shape index (κ1) is 12.1. The van der Waals surface area contributed by atoms with Gasteiger partial charge in [0.15, 0.2) is 6.10 Å². The maximum absolute atomic E-state index is 10.9. The number of aromatic nitrogens is 1. The smallest absolute Gasteiger partial charge is 0.337 e. The van der Waals surface area contributed by atoms with Crippen molar-refractivity contribution in [1.82, 2.24) is 4.98 Å². The molecule has 0 bridgehead atoms. The number of pyridine rings is 1. The van der Waals surface area contributed by atoms with Gasteiger partial charge in [0.1, 0.15) is 17.9 Å². The summed E-state index contributed by atoms with van der Waals surface area (Å²) >= 11 is 0. The predicted octanol–water partition coefficient (Wildman–Crippen LogP) is -0.479. The molecule has 2 atom stereocenters. The lowest BCUT2D eigenvalue weighted by atomic mass is 10.1. The summed E-state index contributed by atoms with van der Waals surface area (Å²) in [6.07, 6.45) is -1.87. The largest absolute Gasteiger partial charge is 0.467 e. The molecule has 1 aromatic rings. The number of aliphatic hydroxyl groups excluding tert-OH is 2. The van der Waals surface area contributed by atoms with Crippen LogP contribution in [0.15, 0.2) is 18.3 Å². The van der Waals surface area contributed by atoms with E-state index in [2.05, 4.69) is 9.72 Å². The number of aliphatic hydroxyl groups is 2. The van der Waals surface area contributed by atoms with Gasteiger partial charge in [-0.15, -0.1) is 0 Å². The van der Waals surface area contributed by atoms with Crippen LogP contribution in [0.2, 0.25) is 0 Å². The summed E-state index contributed by atoms with van der Waals surface area (Å²) in [4.78, 5) is 14.6. The van der Waals surface area contributed by atoms with E-state index in [1.807, 2.05) is 6.07 Å². The highest BCUT2D eigenvalue weighted by atomic mass is 16.5. The Hall–Kier alpha value is -1.97. The molecule has 0 radical (unpaired) electrons. The number of ether oxygens (including phenoxy) is 1. The normalized spacial score (nSPS) is 13.6. The first-order valence-electron chi connectivity index (χ1n) is 4.40. The molecule has 0 aromatic carbocycles. The second-order valence-electron chi connectivity index (χ2n) is 3.00. The van der Waals surface area contributed by atoms with E-state index in [0.717, 1.165) is 7.11 Å². The average Bonchev–Trinajstić information content (AvgIpc) is 2.36. The Morgan fingerprint density at radius 2 is 2.25 bits per heavy atom. The second kappa shape index (κ2) is 5.21. The van der Waals surface area contributed by atoms with Crippen LogP contribution in [0.25, 0.3) is 0 Å². The molecule has 0 saturated heterocycles. The molecular formula is C10H10N2O4. The monoisotopic (exact) mass is 222 g/mol. The van der Waals surface area contributed by atoms with E-state index in [1.165, 1.54) is 18.3 Å². The van der Waals surface area contributed by atoms with Gasteiger partial charge in [0, 0.05) is 11.8 Å². The van der Waals surface area contributed by atoms with Crippen LogP contribution in [0.5, 0.6) is 0 Å². The fraction of sp³-hybridized carbons (Fsp3) is 0.300. The summed E-state index contributed by atoms with van der Waals surface area (Å²) in [5, 5.41) is 27.4. The van der Waals surface area contributed by atoms with Gasteiger partial charge in [0.05, 0.1) is 7.11 Å². The van der Waals surface area contributed by atoms with Crippen LogP contribution in [-0.4, -0.2) is 34.4 Å². The molecule has 0 aliphatic heterocycles. The zero-order valence-corrected chi connectivity index (χ0v) is 8.49. The van der Waals surface area contributed by atoms with Gasteiger partial charge in [-0.25, -0.2) is 9.78 Å². The fourth-order valence-corrected chi connectivity index (χ4v) is 1.08. The van der Waals surface area contributed by atoms with Crippen molar-refractivity contribution < 1.29 is 19.7 Å². The molecule has 84 valence electrons. The topological polar surface area (TPSA) is 103 Å². The van der Waals surface area contributed by atoms with Crippen molar-refractivity contribution >= 4 is 5.97 Å². The maximum atomic E-state index is 10.9. The number of hydrogen-bond donors (Lipinski definition) is 2. The Morgan fingerprint density at radius 1 is 1.56 bits per heavy atom. The van der Waals surface area contributed by atoms with Gasteiger partial charge in [0.2, 0.25) is 0 Å². The van der Waals surface area contributed by atoms with Crippen LogP contribution in [0.4, 0.5) is 0 Å². The maximum Gasteiger partial charge on any atom is 0.337 e. The summed E-state index contributed by atoms with van der Waals surface area (Å²) in [7, 11) is 1.11. The van der Waals surface area contributed by atoms with Crippen molar-refractivity contribution in [1.29, 1.82) is 5.26 Å². The lowest BCUT2D eigenvalue weighted by Crippen LogP contribution is -2.29. The zero-order valence-electron chi connectivity index (χ0n) is 8.49. The number of rotatable bonds is 3. The van der Waals surface area contributed by atoms with Gasteiger partial charge in [-0.2, -0.15) is 5.26 Å². The van der Waals surface area contributed by atoms with E-state index in [9.17, 15) is 15.0 Å². The van der Waals surface area contributed by atoms with Gasteiger partial charge in [-0.1, -0.05) is 6.07 Å². The van der Waals surface area contributed by atoms with E-state index in [1.54, 1.807) is 0 Å². The molecule has 0 saturated carbocycles. The van der Waals surface area contributed by atoms with E-state index in [-0.39, 0.29) is 11.3 Å². The molecule has 0 spiro atoms. The van der Waals surface area contributed by atoms with Crippen LogP contribution >= 0.6 is 0 Å². The fourth-order valence-electron chi connectivity index (χ4n) is 1.08. The molecule has 16 heavy (non-hydrogen) atoms. The van der Waals surface area contributed by atoms with Gasteiger partial charge < -0.3 is 14.9 Å². The van der Waals surface area contributed by atoms with Crippen molar-refractivity contribution in [2.24, 2.45) is 0 Å². The van der Waals surface area contributed by atoms with Gasteiger partial charge in [0.25, 0.3) is 0 Å². The third-order valence-corrected chi connectivity index (χ3v) is 1.98. The predicted molar refractivity (Wildman–Crippen MR) is 51.9 cm³/mol. The molecule has 0 fully saturated rings. The number of carbonyl (C=O) groups is 1. The molecule has 0 aliphatic carbocycles. The lowest BCUT2D eigenvalue weighted by Gasteiger charge is -2.15. The summed E-state index contributed by atoms with van der Waals surface area (Å²) in [6, 6.07) is 4.59. The quantitative estimate of drug-likeness (QED) is 0.669. The highest BCUT2D eigenvalue weighted by Crippen LogP contribution is 2.16. The molecule has 1 aromatic heterocycles. The van der Waals surface area contributed by atoms with Crippen molar-refractivity contribution in [2.75, 3.05) is 7.11 Å². The Bertz CT molecular complexity index is 410. The summed E-state index contributed by atoms with van der Waals surface area (Å²) < 4.78 is 4.28. The standard InChI is InChI=1S/C10H10N2O4/c1-16-10(15)9(14)8(13)6-2-3-7(4-11)12-5-6/h2-3,5,8-9,13-14H,1H3. The molecule has 0 amide bonds. The van der Waals surface area contributed by atoms with Gasteiger partial charge in [-0.3, -0.25) is 0 Å². The van der Waals surface area contributed by atoms with E-state index in [4.69, 9.17) is 5.26 Å².